The molecule has 19 heavy (non-hydrogen) atoms. The van der Waals surface area contributed by atoms with Crippen LogP contribution in [0.1, 0.15) is 19.8 Å². The lowest BCUT2D eigenvalue weighted by molar-refractivity contribution is -0.158. The minimum Gasteiger partial charge on any atom is -0.393 e. The largest absolute Gasteiger partial charge is 0.399 e. The number of likely N-dealkylation sites (N-methyl/N-ethyl adjacent to an activating group) is 2. The summed E-state index contributed by atoms with van der Waals surface area (Å²) in [6.45, 7) is 4.52. The maximum Gasteiger partial charge on any atom is 0.399 e. The molecule has 1 rings (SSSR count). The smallest absolute Gasteiger partial charge is 0.393 e. The van der Waals surface area contributed by atoms with Crippen LogP contribution in [0.4, 0.5) is 13.2 Å². The highest BCUT2D eigenvalue weighted by Gasteiger charge is 2.42. The number of alkyl halides is 3. The number of hydrogen-bond acceptors (Lipinski definition) is 3. The minimum absolute atomic E-state index is 0.160. The van der Waals surface area contributed by atoms with Crippen LogP contribution >= 0.6 is 12.2 Å². The van der Waals surface area contributed by atoms with E-state index < -0.39 is 17.1 Å². The fourth-order valence-electron chi connectivity index (χ4n) is 2.62. The Labute approximate surface area is 117 Å². The molecule has 0 aromatic heterocycles. The molecule has 2 N–H and O–H groups in total. The molecular formula is C12H22F3N3S. The molecule has 1 heterocycles. The fourth-order valence-corrected chi connectivity index (χ4v) is 2.83. The van der Waals surface area contributed by atoms with Gasteiger partial charge in [-0.25, -0.2) is 0 Å². The first-order chi connectivity index (χ1) is 8.75. The summed E-state index contributed by atoms with van der Waals surface area (Å²) in [5, 5.41) is 0. The summed E-state index contributed by atoms with van der Waals surface area (Å²) in [7, 11) is 1.70. The summed E-state index contributed by atoms with van der Waals surface area (Å²) in [6.07, 6.45) is -2.20. The molecule has 0 aliphatic carbocycles. The van der Waals surface area contributed by atoms with E-state index in [2.05, 4.69) is 24.0 Å². The molecule has 0 amide bonds. The normalized spacial score (nSPS) is 22.9. The van der Waals surface area contributed by atoms with Crippen molar-refractivity contribution in [2.75, 3.05) is 33.2 Å². The van der Waals surface area contributed by atoms with Gasteiger partial charge in [0.15, 0.2) is 0 Å². The van der Waals surface area contributed by atoms with Gasteiger partial charge in [-0.15, -0.1) is 0 Å². The molecule has 0 bridgehead atoms. The Hall–Kier alpha value is -0.400. The van der Waals surface area contributed by atoms with E-state index in [4.69, 9.17) is 5.73 Å². The number of nitrogens with zero attached hydrogens (tertiary/aromatic N) is 2. The van der Waals surface area contributed by atoms with Gasteiger partial charge in [0, 0.05) is 19.1 Å². The molecule has 3 nitrogen and oxygen atoms in total. The van der Waals surface area contributed by atoms with E-state index in [0.29, 0.717) is 12.6 Å². The molecule has 1 aliphatic heterocycles. The molecule has 112 valence electrons. The van der Waals surface area contributed by atoms with Crippen LogP contribution in [0.3, 0.4) is 0 Å². The Balaban J connectivity index is 2.53. The Morgan fingerprint density at radius 2 is 2.16 bits per heavy atom. The molecule has 1 fully saturated rings. The third-order valence-corrected chi connectivity index (χ3v) is 3.95. The lowest BCUT2D eigenvalue weighted by Gasteiger charge is -2.30. The third kappa shape index (κ3) is 4.89. The van der Waals surface area contributed by atoms with E-state index in [1.807, 2.05) is 0 Å². The van der Waals surface area contributed by atoms with Crippen LogP contribution in [0, 0.1) is 5.92 Å². The van der Waals surface area contributed by atoms with Crippen LogP contribution in [0.25, 0.3) is 0 Å². The summed E-state index contributed by atoms with van der Waals surface area (Å²) in [5.74, 6) is -1.72. The molecule has 7 heteroatoms. The van der Waals surface area contributed by atoms with Crippen molar-refractivity contribution in [3.8, 4) is 0 Å². The van der Waals surface area contributed by atoms with E-state index in [9.17, 15) is 13.2 Å². The maximum absolute atomic E-state index is 12.8. The van der Waals surface area contributed by atoms with Crippen LogP contribution in [0.5, 0.6) is 0 Å². The van der Waals surface area contributed by atoms with Gasteiger partial charge in [0.25, 0.3) is 0 Å². The van der Waals surface area contributed by atoms with Gasteiger partial charge in [0.1, 0.15) is 5.92 Å². The first-order valence-electron chi connectivity index (χ1n) is 6.54. The molecule has 0 radical (unpaired) electrons. The van der Waals surface area contributed by atoms with Crippen LogP contribution in [-0.4, -0.2) is 60.2 Å². The summed E-state index contributed by atoms with van der Waals surface area (Å²) < 4.78 is 38.3. The predicted molar refractivity (Wildman–Crippen MR) is 74.1 cm³/mol. The average Bonchev–Trinajstić information content (AvgIpc) is 2.71. The number of rotatable bonds is 6. The topological polar surface area (TPSA) is 32.5 Å². The van der Waals surface area contributed by atoms with Gasteiger partial charge in [-0.2, -0.15) is 13.2 Å². The Bertz CT molecular complexity index is 309. The SMILES string of the molecule is CCN1CCCC1CN(C)CC(C(N)=S)C(F)(F)F. The summed E-state index contributed by atoms with van der Waals surface area (Å²) in [5.41, 5.74) is 5.21. The van der Waals surface area contributed by atoms with Gasteiger partial charge in [-0.3, -0.25) is 4.90 Å². The van der Waals surface area contributed by atoms with Gasteiger partial charge < -0.3 is 10.6 Å². The molecule has 2 atom stereocenters. The molecule has 1 aliphatic rings. The van der Waals surface area contributed by atoms with Gasteiger partial charge in [0.05, 0.1) is 4.99 Å². The predicted octanol–water partition coefficient (Wildman–Crippen LogP) is 1.87. The van der Waals surface area contributed by atoms with Crippen molar-refractivity contribution >= 4 is 17.2 Å². The average molecular weight is 297 g/mol. The second kappa shape index (κ2) is 6.85. The first kappa shape index (κ1) is 16.7. The number of thiocarbonyl (C=S) groups is 1. The number of halogens is 3. The number of likely N-dealkylation sites (tertiary alicyclic amines) is 1. The van der Waals surface area contributed by atoms with Crippen molar-refractivity contribution in [3.63, 3.8) is 0 Å². The van der Waals surface area contributed by atoms with Gasteiger partial charge in [-0.1, -0.05) is 19.1 Å². The van der Waals surface area contributed by atoms with E-state index in [1.54, 1.807) is 11.9 Å². The Kier molecular flexibility index (Phi) is 6.01. The van der Waals surface area contributed by atoms with Crippen LogP contribution in [-0.2, 0) is 0 Å². The van der Waals surface area contributed by atoms with Crippen molar-refractivity contribution in [1.82, 2.24) is 9.80 Å². The molecule has 0 spiro atoms. The molecule has 0 aromatic rings. The van der Waals surface area contributed by atoms with E-state index >= 15 is 0 Å². The quantitative estimate of drug-likeness (QED) is 0.759. The van der Waals surface area contributed by atoms with Crippen LogP contribution in [0.15, 0.2) is 0 Å². The second-order valence-electron chi connectivity index (χ2n) is 5.14. The molecule has 2 unspecified atom stereocenters. The zero-order valence-electron chi connectivity index (χ0n) is 11.4. The summed E-state index contributed by atoms with van der Waals surface area (Å²) in [6, 6.07) is 0.343. The first-order valence-corrected chi connectivity index (χ1v) is 6.95. The van der Waals surface area contributed by atoms with Crippen LogP contribution < -0.4 is 5.73 Å². The standard InChI is InChI=1S/C12H22F3N3S/c1-3-18-6-4-5-9(18)7-17(2)8-10(11(16)19)12(13,14)15/h9-10H,3-8H2,1-2H3,(H2,16,19). The monoisotopic (exact) mass is 297 g/mol. The van der Waals surface area contributed by atoms with Crippen molar-refractivity contribution < 1.29 is 13.2 Å². The van der Waals surface area contributed by atoms with Gasteiger partial charge in [-0.05, 0) is 33.0 Å². The van der Waals surface area contributed by atoms with E-state index in [1.165, 1.54) is 0 Å². The molecular weight excluding hydrogens is 275 g/mol. The highest BCUT2D eigenvalue weighted by Crippen LogP contribution is 2.27. The zero-order chi connectivity index (χ0) is 14.6. The lowest BCUT2D eigenvalue weighted by atomic mass is 10.1. The van der Waals surface area contributed by atoms with Gasteiger partial charge in [0.2, 0.25) is 0 Å². The van der Waals surface area contributed by atoms with Crippen molar-refractivity contribution in [2.24, 2.45) is 11.7 Å². The zero-order valence-corrected chi connectivity index (χ0v) is 12.2. The minimum atomic E-state index is -4.36. The van der Waals surface area contributed by atoms with Gasteiger partial charge >= 0.3 is 6.18 Å². The Morgan fingerprint density at radius 1 is 1.53 bits per heavy atom. The van der Waals surface area contributed by atoms with Crippen molar-refractivity contribution in [2.45, 2.75) is 32.0 Å². The second-order valence-corrected chi connectivity index (χ2v) is 5.61. The fraction of sp³-hybridized carbons (Fsp3) is 0.917. The number of hydrogen-bond donors (Lipinski definition) is 1. The molecule has 0 saturated carbocycles. The van der Waals surface area contributed by atoms with Crippen LogP contribution in [0.2, 0.25) is 0 Å². The van der Waals surface area contributed by atoms with E-state index in [0.717, 1.165) is 25.9 Å². The number of nitrogens with two attached hydrogens (primary N) is 1. The summed E-state index contributed by atoms with van der Waals surface area (Å²) >= 11 is 4.53. The van der Waals surface area contributed by atoms with Crippen molar-refractivity contribution in [1.29, 1.82) is 0 Å². The third-order valence-electron chi connectivity index (χ3n) is 3.66. The van der Waals surface area contributed by atoms with Crippen molar-refractivity contribution in [3.05, 3.63) is 0 Å². The highest BCUT2D eigenvalue weighted by molar-refractivity contribution is 7.80. The molecule has 1 saturated heterocycles. The Morgan fingerprint density at radius 3 is 2.63 bits per heavy atom. The highest BCUT2D eigenvalue weighted by atomic mass is 32.1. The molecule has 0 aromatic carbocycles. The lowest BCUT2D eigenvalue weighted by Crippen LogP contribution is -2.46. The maximum atomic E-state index is 12.8. The van der Waals surface area contributed by atoms with E-state index in [-0.39, 0.29) is 6.54 Å². The summed E-state index contributed by atoms with van der Waals surface area (Å²) in [4.78, 5) is 3.52.